The second-order valence-electron chi connectivity index (χ2n) is 10.6. The van der Waals surface area contributed by atoms with Crippen molar-refractivity contribution in [3.8, 4) is 39.3 Å². The number of aromatic nitrogens is 2. The van der Waals surface area contributed by atoms with Crippen LogP contribution in [0.2, 0.25) is 0 Å². The van der Waals surface area contributed by atoms with Crippen molar-refractivity contribution in [1.82, 2.24) is 9.55 Å². The summed E-state index contributed by atoms with van der Waals surface area (Å²) in [6.07, 6.45) is 1.81. The lowest BCUT2D eigenvalue weighted by Crippen LogP contribution is -2.03. The molecule has 40 heavy (non-hydrogen) atoms. The second kappa shape index (κ2) is 9.69. The third-order valence-electron chi connectivity index (χ3n) is 7.60. The Bertz CT molecular complexity index is 1970. The van der Waals surface area contributed by atoms with Gasteiger partial charge in [0.15, 0.2) is 0 Å². The zero-order valence-corrected chi connectivity index (χ0v) is 22.8. The van der Waals surface area contributed by atoms with E-state index >= 15 is 0 Å². The fourth-order valence-electron chi connectivity index (χ4n) is 5.64. The minimum absolute atomic E-state index is 0.717. The van der Waals surface area contributed by atoms with Gasteiger partial charge in [0, 0.05) is 17.9 Å². The molecular formula is C37H30N2O. The quantitative estimate of drug-likeness (QED) is 0.226. The SMILES string of the molecule is [2H]C(C)(C)c1ccc2c(-c3nc4ccccc4n3-c3c(-c4ccccc4)cc(C)cc3-c3ccccc3)coc2c1. The number of fused-ring (bicyclic) bond motifs is 2. The van der Waals surface area contributed by atoms with Gasteiger partial charge in [0.25, 0.3) is 0 Å². The molecule has 0 N–H and O–H groups in total. The van der Waals surface area contributed by atoms with Crippen LogP contribution in [0.4, 0.5) is 0 Å². The van der Waals surface area contributed by atoms with E-state index in [2.05, 4.69) is 109 Å². The minimum Gasteiger partial charge on any atom is -0.464 e. The molecule has 194 valence electrons. The first kappa shape index (κ1) is 23.0. The average Bonchev–Trinajstić information content (AvgIpc) is 3.58. The van der Waals surface area contributed by atoms with E-state index in [1.165, 1.54) is 5.56 Å². The average molecular weight is 520 g/mol. The van der Waals surface area contributed by atoms with Crippen LogP contribution >= 0.6 is 0 Å². The molecule has 2 aromatic heterocycles. The van der Waals surface area contributed by atoms with Crippen LogP contribution in [0.3, 0.4) is 0 Å². The third kappa shape index (κ3) is 4.02. The van der Waals surface area contributed by atoms with Gasteiger partial charge in [-0.1, -0.05) is 98.8 Å². The van der Waals surface area contributed by atoms with Gasteiger partial charge < -0.3 is 4.42 Å². The summed E-state index contributed by atoms with van der Waals surface area (Å²) < 4.78 is 16.9. The number of nitrogens with zero attached hydrogens (tertiary/aromatic N) is 2. The van der Waals surface area contributed by atoms with Gasteiger partial charge in [-0.2, -0.15) is 0 Å². The van der Waals surface area contributed by atoms with E-state index in [-0.39, 0.29) is 0 Å². The molecule has 3 heteroatoms. The van der Waals surface area contributed by atoms with Crippen molar-refractivity contribution in [3.63, 3.8) is 0 Å². The minimum atomic E-state index is -0.717. The molecule has 0 atom stereocenters. The second-order valence-corrected chi connectivity index (χ2v) is 10.6. The summed E-state index contributed by atoms with van der Waals surface area (Å²) in [5, 5.41) is 0.976. The van der Waals surface area contributed by atoms with Gasteiger partial charge in [0.2, 0.25) is 0 Å². The van der Waals surface area contributed by atoms with Gasteiger partial charge in [-0.3, -0.25) is 4.57 Å². The molecule has 0 spiro atoms. The Labute approximate surface area is 235 Å². The first-order valence-corrected chi connectivity index (χ1v) is 13.6. The smallest absolute Gasteiger partial charge is 0.149 e. The van der Waals surface area contributed by atoms with Gasteiger partial charge in [0.05, 0.1) is 22.3 Å². The molecule has 0 amide bonds. The zero-order chi connectivity index (χ0) is 28.1. The first-order chi connectivity index (χ1) is 19.9. The van der Waals surface area contributed by atoms with E-state index in [0.29, 0.717) is 0 Å². The van der Waals surface area contributed by atoms with Crippen molar-refractivity contribution in [3.05, 3.63) is 133 Å². The molecule has 0 radical (unpaired) electrons. The Balaban J connectivity index is 1.59. The molecule has 0 saturated heterocycles. The lowest BCUT2D eigenvalue weighted by atomic mass is 9.93. The van der Waals surface area contributed by atoms with Crippen molar-refractivity contribution in [2.24, 2.45) is 0 Å². The van der Waals surface area contributed by atoms with E-state index < -0.39 is 5.89 Å². The number of hydrogen-bond donors (Lipinski definition) is 0. The summed E-state index contributed by atoms with van der Waals surface area (Å²) >= 11 is 0. The van der Waals surface area contributed by atoms with Crippen LogP contribution in [-0.2, 0) is 0 Å². The standard InChI is InChI=1S/C37H30N2O/c1-24(2)28-18-19-29-32(23-40-35(29)22-28)37-38-33-16-10-11-17-34(33)39(37)36-30(26-12-6-4-7-13-26)20-25(3)21-31(36)27-14-8-5-9-15-27/h4-24H,1-3H3/i24D. The van der Waals surface area contributed by atoms with Crippen LogP contribution in [-0.4, -0.2) is 9.55 Å². The van der Waals surface area contributed by atoms with E-state index in [0.717, 1.165) is 66.9 Å². The first-order valence-electron chi connectivity index (χ1n) is 14.1. The van der Waals surface area contributed by atoms with E-state index in [1.807, 2.05) is 38.3 Å². The third-order valence-corrected chi connectivity index (χ3v) is 7.60. The van der Waals surface area contributed by atoms with Crippen molar-refractivity contribution >= 4 is 22.0 Å². The number of hydrogen-bond acceptors (Lipinski definition) is 2. The van der Waals surface area contributed by atoms with E-state index in [4.69, 9.17) is 10.8 Å². The highest BCUT2D eigenvalue weighted by Crippen LogP contribution is 2.42. The lowest BCUT2D eigenvalue weighted by molar-refractivity contribution is 0.615. The van der Waals surface area contributed by atoms with Gasteiger partial charge in [-0.25, -0.2) is 4.98 Å². The molecule has 2 heterocycles. The Morgan fingerprint density at radius 1 is 0.725 bits per heavy atom. The fraction of sp³-hybridized carbons (Fsp3) is 0.108. The predicted molar refractivity (Wildman–Crippen MR) is 166 cm³/mol. The number of rotatable bonds is 5. The Morgan fingerprint density at radius 2 is 1.35 bits per heavy atom. The van der Waals surface area contributed by atoms with Gasteiger partial charge >= 0.3 is 0 Å². The van der Waals surface area contributed by atoms with Gasteiger partial charge in [-0.15, -0.1) is 0 Å². The lowest BCUT2D eigenvalue weighted by Gasteiger charge is -2.20. The van der Waals surface area contributed by atoms with Crippen LogP contribution in [0.15, 0.2) is 126 Å². The molecule has 7 aromatic rings. The van der Waals surface area contributed by atoms with Crippen molar-refractivity contribution in [2.45, 2.75) is 26.7 Å². The highest BCUT2D eigenvalue weighted by Gasteiger charge is 2.24. The molecule has 5 aromatic carbocycles. The Morgan fingerprint density at radius 3 is 2.00 bits per heavy atom. The Hall–Kier alpha value is -4.89. The summed E-state index contributed by atoms with van der Waals surface area (Å²) in [7, 11) is 0. The Kier molecular flexibility index (Phi) is 5.58. The number of furan rings is 1. The summed E-state index contributed by atoms with van der Waals surface area (Å²) in [5.74, 6) is 0.104. The molecule has 0 aliphatic rings. The maximum Gasteiger partial charge on any atom is 0.149 e. The molecule has 7 rings (SSSR count). The molecule has 0 fully saturated rings. The summed E-state index contributed by atoms with van der Waals surface area (Å²) in [6.45, 7) is 5.95. The summed E-state index contributed by atoms with van der Waals surface area (Å²) in [5.41, 5.74) is 11.4. The normalized spacial score (nSPS) is 12.2. The van der Waals surface area contributed by atoms with Crippen molar-refractivity contribution in [1.29, 1.82) is 0 Å². The van der Waals surface area contributed by atoms with Crippen LogP contribution in [0.25, 0.3) is 61.3 Å². The molecule has 0 saturated carbocycles. The highest BCUT2D eigenvalue weighted by atomic mass is 16.3. The maximum atomic E-state index is 8.51. The molecule has 0 aliphatic carbocycles. The van der Waals surface area contributed by atoms with Crippen LogP contribution in [0, 0.1) is 6.92 Å². The number of aryl methyl sites for hydroxylation is 1. The molecule has 3 nitrogen and oxygen atoms in total. The van der Waals surface area contributed by atoms with Crippen LogP contribution < -0.4 is 0 Å². The topological polar surface area (TPSA) is 31.0 Å². The number of imidazole rings is 1. The van der Waals surface area contributed by atoms with Gasteiger partial charge in [-0.05, 0) is 65.4 Å². The van der Waals surface area contributed by atoms with E-state index in [1.54, 1.807) is 0 Å². The summed E-state index contributed by atoms with van der Waals surface area (Å²) in [4.78, 5) is 5.21. The number of para-hydroxylation sites is 2. The fourth-order valence-corrected chi connectivity index (χ4v) is 5.64. The van der Waals surface area contributed by atoms with Crippen LogP contribution in [0.1, 0.15) is 32.2 Å². The van der Waals surface area contributed by atoms with Crippen molar-refractivity contribution < 1.29 is 5.79 Å². The molecule has 0 bridgehead atoms. The van der Waals surface area contributed by atoms with Crippen LogP contribution in [0.5, 0.6) is 0 Å². The largest absolute Gasteiger partial charge is 0.464 e. The van der Waals surface area contributed by atoms with E-state index in [9.17, 15) is 0 Å². The van der Waals surface area contributed by atoms with Gasteiger partial charge in [0.1, 0.15) is 17.7 Å². The predicted octanol–water partition coefficient (Wildman–Crippen LogP) is 10.2. The monoisotopic (exact) mass is 519 g/mol. The zero-order valence-electron chi connectivity index (χ0n) is 23.8. The maximum absolute atomic E-state index is 8.51. The summed E-state index contributed by atoms with van der Waals surface area (Å²) in [6, 6.07) is 40.1. The highest BCUT2D eigenvalue weighted by molar-refractivity contribution is 5.98. The van der Waals surface area contributed by atoms with Crippen molar-refractivity contribution in [2.75, 3.05) is 0 Å². The molecular weight excluding hydrogens is 488 g/mol. The molecule has 0 unspecified atom stereocenters. The number of benzene rings is 5. The molecule has 0 aliphatic heterocycles.